The zero-order chi connectivity index (χ0) is 44.2. The Balaban J connectivity index is 1.56. The van der Waals surface area contributed by atoms with Crippen molar-refractivity contribution in [1.29, 1.82) is 0 Å². The summed E-state index contributed by atoms with van der Waals surface area (Å²) in [6.07, 6.45) is 46.9. The Kier molecular flexibility index (Phi) is 24.3. The Hall–Kier alpha value is -1.00. The van der Waals surface area contributed by atoms with Crippen molar-refractivity contribution in [2.24, 2.45) is 63.6 Å². The van der Waals surface area contributed by atoms with Gasteiger partial charge in [0, 0.05) is 0 Å². The number of rotatable bonds is 24. The molecule has 3 aliphatic carbocycles. The predicted molar refractivity (Wildman–Crippen MR) is 271 cm³/mol. The molecule has 0 aromatic carbocycles. The van der Waals surface area contributed by atoms with E-state index in [1.807, 2.05) is 5.57 Å². The van der Waals surface area contributed by atoms with E-state index in [4.69, 9.17) is 0 Å². The summed E-state index contributed by atoms with van der Waals surface area (Å²) in [7, 11) is 0. The minimum atomic E-state index is 0.289. The van der Waals surface area contributed by atoms with E-state index in [0.717, 1.165) is 47.3 Å². The minimum Gasteiger partial charge on any atom is -0.129 e. The van der Waals surface area contributed by atoms with Gasteiger partial charge in [-0.2, -0.15) is 0 Å². The van der Waals surface area contributed by atoms with Crippen molar-refractivity contribution in [3.8, 4) is 0 Å². The van der Waals surface area contributed by atoms with Crippen LogP contribution in [0.15, 0.2) is 41.2 Å². The van der Waals surface area contributed by atoms with Crippen LogP contribution < -0.4 is 0 Å². The first-order chi connectivity index (χ1) is 28.7. The van der Waals surface area contributed by atoms with Crippen LogP contribution in [0.4, 0.5) is 0 Å². The van der Waals surface area contributed by atoms with Gasteiger partial charge in [-0.15, -0.1) is 5.73 Å². The van der Waals surface area contributed by atoms with Crippen molar-refractivity contribution in [2.75, 3.05) is 0 Å². The maximum Gasteiger partial charge on any atom is -0.00152 e. The summed E-state index contributed by atoms with van der Waals surface area (Å²) in [5, 5.41) is 0. The number of unbranched alkanes of at least 4 members (excludes halogenated alkanes) is 7. The van der Waals surface area contributed by atoms with Crippen LogP contribution in [0.5, 0.6) is 0 Å². The van der Waals surface area contributed by atoms with Crippen molar-refractivity contribution in [3.63, 3.8) is 0 Å². The lowest BCUT2D eigenvalue weighted by Gasteiger charge is -2.38. The largest absolute Gasteiger partial charge is 0.129 e. The van der Waals surface area contributed by atoms with Gasteiger partial charge in [0.25, 0.3) is 0 Å². The van der Waals surface area contributed by atoms with Gasteiger partial charge in [0.05, 0.1) is 0 Å². The third-order valence-corrected chi connectivity index (χ3v) is 18.4. The average Bonchev–Trinajstić information content (AvgIpc) is 3.96. The summed E-state index contributed by atoms with van der Waals surface area (Å²) in [5.41, 5.74) is 10.1. The molecule has 0 radical (unpaired) electrons. The molecule has 60 heavy (non-hydrogen) atoms. The second-order valence-electron chi connectivity index (χ2n) is 23.2. The average molecular weight is 830 g/mol. The molecule has 0 aliphatic heterocycles. The molecule has 0 N–H and O–H groups in total. The minimum absolute atomic E-state index is 0.289. The lowest BCUT2D eigenvalue weighted by molar-refractivity contribution is 0.194. The molecular weight excluding hydrogens is 721 g/mol. The van der Waals surface area contributed by atoms with Crippen molar-refractivity contribution in [3.05, 3.63) is 41.2 Å². The Labute approximate surface area is 378 Å². The maximum absolute atomic E-state index is 4.30. The first-order valence-corrected chi connectivity index (χ1v) is 27.5. The molecule has 0 aromatic rings. The molecule has 3 rings (SSSR count). The van der Waals surface area contributed by atoms with Crippen LogP contribution >= 0.6 is 0 Å². The summed E-state index contributed by atoms with van der Waals surface area (Å²) in [6, 6.07) is 0. The number of allylic oxidation sites excluding steroid dienone is 5. The Bertz CT molecular complexity index is 1280. The molecule has 0 spiro atoms. The van der Waals surface area contributed by atoms with E-state index >= 15 is 0 Å². The normalized spacial score (nSPS) is 30.9. The van der Waals surface area contributed by atoms with Gasteiger partial charge in [0.1, 0.15) is 0 Å². The van der Waals surface area contributed by atoms with Crippen LogP contribution in [0.2, 0.25) is 0 Å². The van der Waals surface area contributed by atoms with Gasteiger partial charge < -0.3 is 0 Å². The van der Waals surface area contributed by atoms with Gasteiger partial charge in [-0.1, -0.05) is 222 Å². The first-order valence-electron chi connectivity index (χ1n) is 27.5. The zero-order valence-corrected chi connectivity index (χ0v) is 43.2. The summed E-state index contributed by atoms with van der Waals surface area (Å²) in [6.45, 7) is 34.3. The van der Waals surface area contributed by atoms with Crippen LogP contribution in [-0.2, 0) is 0 Å². The van der Waals surface area contributed by atoms with E-state index in [1.54, 1.807) is 11.1 Å². The smallest absolute Gasteiger partial charge is 0.00152 e. The fourth-order valence-corrected chi connectivity index (χ4v) is 13.6. The van der Waals surface area contributed by atoms with Gasteiger partial charge in [0.15, 0.2) is 0 Å². The highest BCUT2D eigenvalue weighted by molar-refractivity contribution is 5.33. The van der Waals surface area contributed by atoms with E-state index in [-0.39, 0.29) is 5.41 Å². The second kappa shape index (κ2) is 27.4. The van der Waals surface area contributed by atoms with E-state index in [2.05, 4.69) is 108 Å². The molecule has 0 aromatic heterocycles. The van der Waals surface area contributed by atoms with Gasteiger partial charge >= 0.3 is 0 Å². The molecule has 0 saturated heterocycles. The molecule has 0 heteroatoms. The van der Waals surface area contributed by atoms with E-state index < -0.39 is 0 Å². The second-order valence-corrected chi connectivity index (χ2v) is 23.2. The topological polar surface area (TPSA) is 0 Å². The van der Waals surface area contributed by atoms with Crippen LogP contribution in [0, 0.1) is 63.6 Å². The fourth-order valence-electron chi connectivity index (χ4n) is 13.6. The van der Waals surface area contributed by atoms with Crippen LogP contribution in [-0.4, -0.2) is 0 Å². The van der Waals surface area contributed by atoms with E-state index in [9.17, 15) is 0 Å². The molecular formula is C60H108. The highest BCUT2D eigenvalue weighted by Gasteiger charge is 2.51. The van der Waals surface area contributed by atoms with Crippen LogP contribution in [0.1, 0.15) is 276 Å². The third-order valence-electron chi connectivity index (χ3n) is 18.4. The molecule has 0 heterocycles. The molecule has 348 valence electrons. The SMILES string of the molecule is C=C=C1CCC2CCCC(C)C(C(=CCCCCCCC(CC)CC(C)(C)CCC3(C(C)CC)CC3=CC)CCCCC)C(C)CCCC2CCCC1(C)C(C)CCCC. The summed E-state index contributed by atoms with van der Waals surface area (Å²) in [5.74, 6) is 6.67. The molecule has 0 bridgehead atoms. The molecule has 10 atom stereocenters. The van der Waals surface area contributed by atoms with Crippen molar-refractivity contribution < 1.29 is 0 Å². The van der Waals surface area contributed by atoms with Crippen molar-refractivity contribution >= 4 is 0 Å². The van der Waals surface area contributed by atoms with Crippen LogP contribution in [0.25, 0.3) is 0 Å². The fraction of sp³-hybridized carbons (Fsp3) is 0.883. The number of hydrogen-bond donors (Lipinski definition) is 0. The predicted octanol–water partition coefficient (Wildman–Crippen LogP) is 20.4. The highest BCUT2D eigenvalue weighted by atomic mass is 14.6. The van der Waals surface area contributed by atoms with Crippen molar-refractivity contribution in [1.82, 2.24) is 0 Å². The number of hydrogen-bond acceptors (Lipinski definition) is 0. The summed E-state index contributed by atoms with van der Waals surface area (Å²) >= 11 is 0. The zero-order valence-electron chi connectivity index (χ0n) is 43.2. The molecule has 3 aliphatic rings. The van der Waals surface area contributed by atoms with Gasteiger partial charge in [0.2, 0.25) is 0 Å². The number of fused-ring (bicyclic) bond motifs is 1. The van der Waals surface area contributed by atoms with E-state index in [1.165, 1.54) is 193 Å². The van der Waals surface area contributed by atoms with Gasteiger partial charge in [-0.25, -0.2) is 0 Å². The molecule has 0 amide bonds. The van der Waals surface area contributed by atoms with Gasteiger partial charge in [-0.3, -0.25) is 0 Å². The Morgan fingerprint density at radius 3 is 2.03 bits per heavy atom. The standard InChI is InChI=1S/C60H108/c1-14-20-25-35-54(36-27-24-22-23-26-34-51(17-4)45-58(11,12)43-44-60(49(9)16-3)46-56(60)19-6)57-47(7)31-28-37-52-39-30-42-59(13,50(10)33-21-15-2)55(18-5)41-40-53(52)38-29-32-48(57)8/h19,36,47-53,57H,5,14-17,20-35,37-46H2,1-4,6-13H3. The van der Waals surface area contributed by atoms with Crippen molar-refractivity contribution in [2.45, 2.75) is 276 Å². The summed E-state index contributed by atoms with van der Waals surface area (Å²) < 4.78 is 0. The summed E-state index contributed by atoms with van der Waals surface area (Å²) in [4.78, 5) is 0. The van der Waals surface area contributed by atoms with E-state index in [0.29, 0.717) is 10.8 Å². The molecule has 3 fully saturated rings. The molecule has 0 nitrogen and oxygen atoms in total. The third kappa shape index (κ3) is 16.2. The lowest BCUT2D eigenvalue weighted by Crippen LogP contribution is -2.28. The first kappa shape index (κ1) is 53.3. The molecule has 3 saturated carbocycles. The Morgan fingerprint density at radius 2 is 1.43 bits per heavy atom. The quantitative estimate of drug-likeness (QED) is 0.0516. The Morgan fingerprint density at radius 1 is 0.783 bits per heavy atom. The monoisotopic (exact) mass is 829 g/mol. The van der Waals surface area contributed by atoms with Gasteiger partial charge in [-0.05, 0) is 153 Å². The maximum atomic E-state index is 4.30. The van der Waals surface area contributed by atoms with Crippen LogP contribution in [0.3, 0.4) is 0 Å². The highest BCUT2D eigenvalue weighted by Crippen LogP contribution is 2.62. The lowest BCUT2D eigenvalue weighted by atomic mass is 9.66. The molecule has 10 unspecified atom stereocenters.